The molecule has 0 atom stereocenters. The summed E-state index contributed by atoms with van der Waals surface area (Å²) in [5, 5.41) is 4.97. The van der Waals surface area contributed by atoms with Crippen LogP contribution in [-0.2, 0) is 17.6 Å². The van der Waals surface area contributed by atoms with Gasteiger partial charge in [0.05, 0.1) is 33.0 Å². The summed E-state index contributed by atoms with van der Waals surface area (Å²) in [4.78, 5) is 7.44. The minimum absolute atomic E-state index is 0.430. The van der Waals surface area contributed by atoms with Crippen molar-refractivity contribution in [1.29, 1.82) is 0 Å². The lowest BCUT2D eigenvalue weighted by Crippen LogP contribution is -2.39. The molecule has 0 radical (unpaired) electrons. The number of hydrogen-bond acceptors (Lipinski definition) is 6. The Kier molecular flexibility index (Phi) is 6.61. The molecular weight excluding hydrogens is 378 g/mol. The third-order valence-electron chi connectivity index (χ3n) is 6.16. The lowest BCUT2D eigenvalue weighted by atomic mass is 9.98. The number of hydrogen-bond donors (Lipinski definition) is 1. The van der Waals surface area contributed by atoms with Gasteiger partial charge in [0.15, 0.2) is 11.5 Å². The maximum absolute atomic E-state index is 5.75. The van der Waals surface area contributed by atoms with Gasteiger partial charge in [-0.25, -0.2) is 0 Å². The third kappa shape index (κ3) is 4.33. The molecule has 0 saturated carbocycles. The van der Waals surface area contributed by atoms with Crippen LogP contribution in [-0.4, -0.2) is 63.0 Å². The molecule has 6 nitrogen and oxygen atoms in total. The number of likely N-dealkylation sites (tertiary alicyclic amines) is 1. The first-order chi connectivity index (χ1) is 14.7. The van der Waals surface area contributed by atoms with Crippen LogP contribution in [0.15, 0.2) is 12.1 Å². The van der Waals surface area contributed by atoms with Gasteiger partial charge in [0.25, 0.3) is 0 Å². The van der Waals surface area contributed by atoms with Gasteiger partial charge >= 0.3 is 0 Å². The minimum atomic E-state index is 0.430. The molecule has 4 rings (SSSR count). The van der Waals surface area contributed by atoms with Crippen molar-refractivity contribution in [1.82, 2.24) is 9.88 Å². The molecule has 160 valence electrons. The number of methoxy groups -OCH3 is 2. The lowest BCUT2D eigenvalue weighted by Gasteiger charge is -2.33. The van der Waals surface area contributed by atoms with E-state index in [9.17, 15) is 0 Å². The molecule has 0 amide bonds. The summed E-state index contributed by atoms with van der Waals surface area (Å²) < 4.78 is 16.8. The molecule has 1 aromatic carbocycles. The molecule has 1 N–H and O–H groups in total. The number of nitrogens with zero attached hydrogens (tertiary/aromatic N) is 2. The highest BCUT2D eigenvalue weighted by molar-refractivity contribution is 5.96. The highest BCUT2D eigenvalue weighted by Crippen LogP contribution is 2.38. The molecule has 0 unspecified atom stereocenters. The van der Waals surface area contributed by atoms with E-state index in [0.29, 0.717) is 18.4 Å². The number of ether oxygens (including phenoxy) is 3. The van der Waals surface area contributed by atoms with Crippen LogP contribution in [0, 0.1) is 12.3 Å². The zero-order chi connectivity index (χ0) is 20.9. The van der Waals surface area contributed by atoms with Crippen molar-refractivity contribution < 1.29 is 14.2 Å². The largest absolute Gasteiger partial charge is 0.493 e. The number of pyridine rings is 1. The lowest BCUT2D eigenvalue weighted by molar-refractivity contribution is 0.146. The van der Waals surface area contributed by atoms with Crippen molar-refractivity contribution in [2.24, 2.45) is 0 Å². The Labute approximate surface area is 178 Å². The molecule has 0 spiro atoms. The predicted molar refractivity (Wildman–Crippen MR) is 120 cm³/mol. The Morgan fingerprint density at radius 2 is 1.90 bits per heavy atom. The van der Waals surface area contributed by atoms with Crippen LogP contribution in [0.3, 0.4) is 0 Å². The van der Waals surface area contributed by atoms with Gasteiger partial charge in [-0.05, 0) is 30.9 Å². The number of terminal acetylenes is 1. The molecule has 30 heavy (non-hydrogen) atoms. The number of benzene rings is 1. The van der Waals surface area contributed by atoms with Gasteiger partial charge in [-0.2, -0.15) is 0 Å². The Balaban J connectivity index is 1.68. The van der Waals surface area contributed by atoms with E-state index < -0.39 is 0 Å². The fourth-order valence-electron chi connectivity index (χ4n) is 4.49. The fraction of sp³-hybridized carbons (Fsp3) is 0.542. The van der Waals surface area contributed by atoms with Gasteiger partial charge in [0, 0.05) is 61.4 Å². The monoisotopic (exact) mass is 409 g/mol. The average Bonchev–Trinajstić information content (AvgIpc) is 3.03. The molecule has 1 fully saturated rings. The second kappa shape index (κ2) is 9.55. The van der Waals surface area contributed by atoms with Crippen LogP contribution in [0.25, 0.3) is 10.9 Å². The number of anilines is 1. The summed E-state index contributed by atoms with van der Waals surface area (Å²) in [5.41, 5.74) is 4.52. The van der Waals surface area contributed by atoms with Crippen LogP contribution in [0.4, 0.5) is 5.69 Å². The Morgan fingerprint density at radius 3 is 2.63 bits per heavy atom. The predicted octanol–water partition coefficient (Wildman–Crippen LogP) is 3.27. The SMILES string of the molecule is C#CCCN1CCC(Nc2c3c(nc4cc(OC)c(OC)cc24)CCOCC3)CC1. The van der Waals surface area contributed by atoms with Gasteiger partial charge in [-0.3, -0.25) is 4.98 Å². The van der Waals surface area contributed by atoms with E-state index in [1.165, 1.54) is 11.3 Å². The zero-order valence-corrected chi connectivity index (χ0v) is 18.0. The van der Waals surface area contributed by atoms with Crippen LogP contribution >= 0.6 is 0 Å². The average molecular weight is 410 g/mol. The van der Waals surface area contributed by atoms with E-state index in [2.05, 4.69) is 22.2 Å². The molecule has 1 aromatic heterocycles. The number of aromatic nitrogens is 1. The van der Waals surface area contributed by atoms with Gasteiger partial charge in [0.1, 0.15) is 0 Å². The van der Waals surface area contributed by atoms with Crippen LogP contribution in [0.5, 0.6) is 11.5 Å². The summed E-state index contributed by atoms with van der Waals surface area (Å²) in [6.07, 6.45) is 10.2. The van der Waals surface area contributed by atoms with Crippen LogP contribution in [0.1, 0.15) is 30.5 Å². The second-order valence-corrected chi connectivity index (χ2v) is 7.96. The van der Waals surface area contributed by atoms with E-state index in [0.717, 1.165) is 80.7 Å². The van der Waals surface area contributed by atoms with Gasteiger partial charge in [-0.1, -0.05) is 0 Å². The van der Waals surface area contributed by atoms with E-state index in [4.69, 9.17) is 25.6 Å². The molecule has 0 bridgehead atoms. The molecular formula is C24H31N3O3. The molecule has 3 heterocycles. The standard InChI is InChI=1S/C24H31N3O3/c1-4-5-10-27-11-6-17(7-12-27)25-24-18-8-13-30-14-9-20(18)26-21-16-23(29-3)22(28-2)15-19(21)24/h1,15-17H,5-14H2,2-3H3,(H,25,26). The van der Waals surface area contributed by atoms with Crippen molar-refractivity contribution >= 4 is 16.6 Å². The fourth-order valence-corrected chi connectivity index (χ4v) is 4.49. The number of nitrogens with one attached hydrogen (secondary N) is 1. The number of piperidine rings is 1. The maximum atomic E-state index is 5.75. The maximum Gasteiger partial charge on any atom is 0.162 e. The highest BCUT2D eigenvalue weighted by Gasteiger charge is 2.24. The number of rotatable bonds is 6. The van der Waals surface area contributed by atoms with Gasteiger partial charge in [-0.15, -0.1) is 12.3 Å². The normalized spacial score (nSPS) is 17.8. The third-order valence-corrected chi connectivity index (χ3v) is 6.16. The molecule has 2 aliphatic heterocycles. The zero-order valence-electron chi connectivity index (χ0n) is 18.0. The molecule has 2 aromatic rings. The summed E-state index contributed by atoms with van der Waals surface area (Å²) in [7, 11) is 3.33. The van der Waals surface area contributed by atoms with Crippen LogP contribution in [0.2, 0.25) is 0 Å². The Morgan fingerprint density at radius 1 is 1.17 bits per heavy atom. The smallest absolute Gasteiger partial charge is 0.162 e. The first-order valence-electron chi connectivity index (χ1n) is 10.8. The quantitative estimate of drug-likeness (QED) is 0.739. The van der Waals surface area contributed by atoms with Crippen molar-refractivity contribution in [3.63, 3.8) is 0 Å². The summed E-state index contributed by atoms with van der Waals surface area (Å²) in [6.45, 7) is 4.58. The summed E-state index contributed by atoms with van der Waals surface area (Å²) in [6, 6.07) is 4.46. The Hall–Kier alpha value is -2.49. The van der Waals surface area contributed by atoms with Crippen molar-refractivity contribution in [2.75, 3.05) is 52.4 Å². The van der Waals surface area contributed by atoms with E-state index in [-0.39, 0.29) is 0 Å². The van der Waals surface area contributed by atoms with Crippen LogP contribution < -0.4 is 14.8 Å². The second-order valence-electron chi connectivity index (χ2n) is 7.96. The minimum Gasteiger partial charge on any atom is -0.493 e. The highest BCUT2D eigenvalue weighted by atomic mass is 16.5. The van der Waals surface area contributed by atoms with Crippen molar-refractivity contribution in [2.45, 2.75) is 38.1 Å². The van der Waals surface area contributed by atoms with Crippen molar-refractivity contribution in [3.05, 3.63) is 23.4 Å². The molecule has 1 saturated heterocycles. The summed E-state index contributed by atoms with van der Waals surface area (Å²) >= 11 is 0. The summed E-state index contributed by atoms with van der Waals surface area (Å²) in [5.74, 6) is 4.18. The first kappa shape index (κ1) is 20.8. The first-order valence-corrected chi connectivity index (χ1v) is 10.8. The van der Waals surface area contributed by atoms with E-state index in [1.807, 2.05) is 6.07 Å². The van der Waals surface area contributed by atoms with Gasteiger partial charge in [0.2, 0.25) is 0 Å². The molecule has 6 heteroatoms. The molecule has 2 aliphatic rings. The van der Waals surface area contributed by atoms with Crippen molar-refractivity contribution in [3.8, 4) is 23.8 Å². The molecule has 0 aliphatic carbocycles. The number of fused-ring (bicyclic) bond motifs is 2. The van der Waals surface area contributed by atoms with E-state index >= 15 is 0 Å². The van der Waals surface area contributed by atoms with Gasteiger partial charge < -0.3 is 24.4 Å². The topological polar surface area (TPSA) is 55.9 Å². The van der Waals surface area contributed by atoms with E-state index in [1.54, 1.807) is 14.2 Å². The Bertz CT molecular complexity index is 930.